The van der Waals surface area contributed by atoms with Crippen LogP contribution >= 0.6 is 0 Å². The molecule has 26 heavy (non-hydrogen) atoms. The van der Waals surface area contributed by atoms with Gasteiger partial charge >= 0.3 is 0 Å². The average molecular weight is 359 g/mol. The van der Waals surface area contributed by atoms with Gasteiger partial charge in [0.05, 0.1) is 26.4 Å². The Bertz CT molecular complexity index is 673. The first-order valence-electron chi connectivity index (χ1n) is 9.85. The molecule has 4 rings (SSSR count). The van der Waals surface area contributed by atoms with Gasteiger partial charge in [-0.3, -0.25) is 4.79 Å². The largest absolute Gasteiger partial charge is 0.493 e. The molecule has 1 spiro atoms. The molecule has 0 N–H and O–H groups in total. The summed E-state index contributed by atoms with van der Waals surface area (Å²) in [5.74, 6) is 2.14. The van der Waals surface area contributed by atoms with Crippen LogP contribution in [-0.4, -0.2) is 44.7 Å². The number of methoxy groups -OCH3 is 2. The van der Waals surface area contributed by atoms with Crippen molar-refractivity contribution in [2.45, 2.75) is 50.5 Å². The van der Waals surface area contributed by atoms with Crippen molar-refractivity contribution in [1.82, 2.24) is 4.90 Å². The van der Waals surface area contributed by atoms with Gasteiger partial charge < -0.3 is 19.1 Å². The van der Waals surface area contributed by atoms with E-state index in [0.29, 0.717) is 5.91 Å². The van der Waals surface area contributed by atoms with E-state index in [2.05, 4.69) is 17.0 Å². The standard InChI is InChI=1S/C21H29NO4/c1-24-18-13-16-7-12-26-21(17(16)14-19(18)25-2)8-10-22(11-9-21)20(23)15-5-3-4-6-15/h13-15H,3-12H2,1-2H3. The highest BCUT2D eigenvalue weighted by atomic mass is 16.5. The molecule has 2 fully saturated rings. The van der Waals surface area contributed by atoms with Gasteiger partial charge in [0.2, 0.25) is 5.91 Å². The third kappa shape index (κ3) is 2.96. The van der Waals surface area contributed by atoms with Crippen LogP contribution < -0.4 is 9.47 Å². The van der Waals surface area contributed by atoms with Gasteiger partial charge in [0.25, 0.3) is 0 Å². The lowest BCUT2D eigenvalue weighted by molar-refractivity contribution is -0.144. The molecule has 0 atom stereocenters. The zero-order valence-electron chi connectivity index (χ0n) is 15.9. The first-order valence-corrected chi connectivity index (χ1v) is 9.85. The van der Waals surface area contributed by atoms with Crippen molar-refractivity contribution in [3.8, 4) is 11.5 Å². The van der Waals surface area contributed by atoms with Gasteiger partial charge in [-0.15, -0.1) is 0 Å². The second-order valence-electron chi connectivity index (χ2n) is 7.76. The zero-order chi connectivity index (χ0) is 18.1. The number of carbonyl (C=O) groups excluding carboxylic acids is 1. The predicted octanol–water partition coefficient (Wildman–Crippen LogP) is 3.28. The maximum atomic E-state index is 12.7. The van der Waals surface area contributed by atoms with Crippen molar-refractivity contribution in [1.29, 1.82) is 0 Å². The van der Waals surface area contributed by atoms with E-state index < -0.39 is 0 Å². The summed E-state index contributed by atoms with van der Waals surface area (Å²) < 4.78 is 17.3. The first kappa shape index (κ1) is 17.7. The van der Waals surface area contributed by atoms with Gasteiger partial charge in [-0.2, -0.15) is 0 Å². The molecule has 1 saturated heterocycles. The van der Waals surface area contributed by atoms with Crippen molar-refractivity contribution < 1.29 is 19.0 Å². The summed E-state index contributed by atoms with van der Waals surface area (Å²) in [5, 5.41) is 0. The molecule has 0 radical (unpaired) electrons. The number of rotatable bonds is 3. The molecular formula is C21H29NO4. The summed E-state index contributed by atoms with van der Waals surface area (Å²) in [5.41, 5.74) is 2.21. The molecule has 1 aliphatic carbocycles. The Balaban J connectivity index is 1.55. The fourth-order valence-corrected chi connectivity index (χ4v) is 4.92. The topological polar surface area (TPSA) is 48.0 Å². The van der Waals surface area contributed by atoms with E-state index >= 15 is 0 Å². The summed E-state index contributed by atoms with van der Waals surface area (Å²) in [4.78, 5) is 14.8. The molecule has 1 amide bonds. The zero-order valence-corrected chi connectivity index (χ0v) is 15.9. The molecule has 2 aliphatic heterocycles. The predicted molar refractivity (Wildman–Crippen MR) is 98.7 cm³/mol. The highest BCUT2D eigenvalue weighted by molar-refractivity contribution is 5.79. The second-order valence-corrected chi connectivity index (χ2v) is 7.76. The molecule has 2 heterocycles. The number of hydrogen-bond donors (Lipinski definition) is 0. The fourth-order valence-electron chi connectivity index (χ4n) is 4.92. The smallest absolute Gasteiger partial charge is 0.225 e. The molecule has 1 saturated carbocycles. The van der Waals surface area contributed by atoms with Crippen LogP contribution in [0.25, 0.3) is 0 Å². The minimum Gasteiger partial charge on any atom is -0.493 e. The molecule has 5 heteroatoms. The quantitative estimate of drug-likeness (QED) is 0.831. The number of nitrogens with zero attached hydrogens (tertiary/aromatic N) is 1. The molecule has 0 bridgehead atoms. The van der Waals surface area contributed by atoms with Gasteiger partial charge in [0.15, 0.2) is 11.5 Å². The van der Waals surface area contributed by atoms with Crippen LogP contribution in [0.2, 0.25) is 0 Å². The van der Waals surface area contributed by atoms with Crippen LogP contribution in [0.1, 0.15) is 49.7 Å². The lowest BCUT2D eigenvalue weighted by Gasteiger charge is -2.45. The number of likely N-dealkylation sites (tertiary alicyclic amines) is 1. The Morgan fingerprint density at radius 2 is 1.77 bits per heavy atom. The highest BCUT2D eigenvalue weighted by Gasteiger charge is 2.43. The van der Waals surface area contributed by atoms with Crippen LogP contribution in [0, 0.1) is 5.92 Å². The highest BCUT2D eigenvalue weighted by Crippen LogP contribution is 2.45. The maximum Gasteiger partial charge on any atom is 0.225 e. The Morgan fingerprint density at radius 3 is 2.42 bits per heavy atom. The summed E-state index contributed by atoms with van der Waals surface area (Å²) in [7, 11) is 3.34. The minimum absolute atomic E-state index is 0.257. The lowest BCUT2D eigenvalue weighted by atomic mass is 9.79. The SMILES string of the molecule is COc1cc2c(cc1OC)C1(CCN(C(=O)C3CCCC3)CC1)OCC2. The lowest BCUT2D eigenvalue weighted by Crippen LogP contribution is -2.49. The number of carbonyl (C=O) groups is 1. The Morgan fingerprint density at radius 1 is 1.12 bits per heavy atom. The van der Waals surface area contributed by atoms with E-state index in [9.17, 15) is 4.79 Å². The molecule has 1 aromatic carbocycles. The second kappa shape index (κ2) is 7.10. The van der Waals surface area contributed by atoms with E-state index in [0.717, 1.165) is 63.3 Å². The fraction of sp³-hybridized carbons (Fsp3) is 0.667. The molecule has 1 aromatic rings. The van der Waals surface area contributed by atoms with E-state index in [1.807, 2.05) is 0 Å². The van der Waals surface area contributed by atoms with Gasteiger partial charge in [-0.1, -0.05) is 12.8 Å². The molecule has 0 unspecified atom stereocenters. The van der Waals surface area contributed by atoms with Crippen molar-refractivity contribution in [3.05, 3.63) is 23.3 Å². The number of hydrogen-bond acceptors (Lipinski definition) is 4. The summed E-state index contributed by atoms with van der Waals surface area (Å²) >= 11 is 0. The number of piperidine rings is 1. The Labute approximate surface area is 155 Å². The number of amides is 1. The normalized spacial score (nSPS) is 22.3. The molecule has 0 aromatic heterocycles. The van der Waals surface area contributed by atoms with Gasteiger partial charge in [-0.25, -0.2) is 0 Å². The van der Waals surface area contributed by atoms with Crippen LogP contribution in [0.3, 0.4) is 0 Å². The number of ether oxygens (including phenoxy) is 3. The molecule has 5 nitrogen and oxygen atoms in total. The maximum absolute atomic E-state index is 12.7. The Hall–Kier alpha value is -1.75. The van der Waals surface area contributed by atoms with E-state index in [1.165, 1.54) is 24.0 Å². The molecule has 142 valence electrons. The number of benzene rings is 1. The van der Waals surface area contributed by atoms with Crippen LogP contribution in [0.4, 0.5) is 0 Å². The van der Waals surface area contributed by atoms with Gasteiger partial charge in [0.1, 0.15) is 0 Å². The van der Waals surface area contributed by atoms with Crippen LogP contribution in [-0.2, 0) is 21.6 Å². The van der Waals surface area contributed by atoms with Crippen molar-refractivity contribution in [3.63, 3.8) is 0 Å². The summed E-state index contributed by atoms with van der Waals surface area (Å²) in [6.07, 6.45) is 7.14. The first-order chi connectivity index (χ1) is 12.7. The van der Waals surface area contributed by atoms with Crippen LogP contribution in [0.5, 0.6) is 11.5 Å². The van der Waals surface area contributed by atoms with Gasteiger partial charge in [0, 0.05) is 19.0 Å². The third-order valence-electron chi connectivity index (χ3n) is 6.44. The van der Waals surface area contributed by atoms with E-state index in [4.69, 9.17) is 14.2 Å². The van der Waals surface area contributed by atoms with Crippen molar-refractivity contribution >= 4 is 5.91 Å². The van der Waals surface area contributed by atoms with Crippen molar-refractivity contribution in [2.75, 3.05) is 33.9 Å². The third-order valence-corrected chi connectivity index (χ3v) is 6.44. The Kier molecular flexibility index (Phi) is 4.82. The average Bonchev–Trinajstić information content (AvgIpc) is 3.22. The monoisotopic (exact) mass is 359 g/mol. The van der Waals surface area contributed by atoms with Crippen LogP contribution in [0.15, 0.2) is 12.1 Å². The van der Waals surface area contributed by atoms with Gasteiger partial charge in [-0.05, 0) is 55.4 Å². The summed E-state index contributed by atoms with van der Waals surface area (Å²) in [6, 6.07) is 4.18. The molecule has 3 aliphatic rings. The minimum atomic E-state index is -0.292. The number of fused-ring (bicyclic) bond motifs is 2. The van der Waals surface area contributed by atoms with Crippen molar-refractivity contribution in [2.24, 2.45) is 5.92 Å². The summed E-state index contributed by atoms with van der Waals surface area (Å²) in [6.45, 7) is 2.28. The van der Waals surface area contributed by atoms with E-state index in [-0.39, 0.29) is 11.5 Å². The van der Waals surface area contributed by atoms with E-state index in [1.54, 1.807) is 14.2 Å². The molecular weight excluding hydrogens is 330 g/mol.